The van der Waals surface area contributed by atoms with Gasteiger partial charge in [-0.25, -0.2) is 4.57 Å². The van der Waals surface area contributed by atoms with Gasteiger partial charge in [-0.15, -0.1) is 0 Å². The maximum Gasteiger partial charge on any atom is 0.472 e. The van der Waals surface area contributed by atoms with Gasteiger partial charge in [-0.1, -0.05) is 244 Å². The van der Waals surface area contributed by atoms with E-state index < -0.39 is 20.0 Å². The molecule has 0 rings (SSSR count). The number of carbonyl (C=O) groups excluding carboxylic acids is 1. The number of phosphoric acid groups is 1. The van der Waals surface area contributed by atoms with Gasteiger partial charge in [0.1, 0.15) is 0 Å². The SMILES string of the molecule is CCCCCCCCCCCCCCCCCC/C=C/C(O)C(COP(=O)(O)OCCN)NC(=O)CCCCCCCCCCCCCCCCCCCCCC. The molecule has 0 aliphatic carbocycles. The first-order valence-corrected chi connectivity index (χ1v) is 26.3. The van der Waals surface area contributed by atoms with E-state index in [0.717, 1.165) is 38.5 Å². The molecule has 8 nitrogen and oxygen atoms in total. The van der Waals surface area contributed by atoms with E-state index in [2.05, 4.69) is 19.2 Å². The fraction of sp³-hybridized carbons (Fsp3) is 0.938. The van der Waals surface area contributed by atoms with Crippen molar-refractivity contribution >= 4 is 13.7 Å². The van der Waals surface area contributed by atoms with Crippen LogP contribution in [0.25, 0.3) is 0 Å². The molecule has 3 unspecified atom stereocenters. The Kier molecular flexibility index (Phi) is 44.2. The van der Waals surface area contributed by atoms with Gasteiger partial charge in [-0.05, 0) is 19.3 Å². The van der Waals surface area contributed by atoms with Gasteiger partial charge in [0.05, 0.1) is 25.4 Å². The molecule has 0 bridgehead atoms. The van der Waals surface area contributed by atoms with E-state index in [1.54, 1.807) is 6.08 Å². The van der Waals surface area contributed by atoms with Crippen LogP contribution in [-0.2, 0) is 18.4 Å². The molecule has 0 aromatic carbocycles. The standard InChI is InChI=1S/C48H97N2O6P/c1-3-5-7-9-11-13-15-17-19-21-23-24-26-28-30-32-34-36-38-40-42-48(52)50-46(45-56-57(53,54)55-44-43-49)47(51)41-39-37-35-33-31-29-27-25-22-20-18-16-14-12-10-8-6-4-2/h39,41,46-47,51H,3-38,40,42-45,49H2,1-2H3,(H,50,52)(H,53,54)/b41-39+. The summed E-state index contributed by atoms with van der Waals surface area (Å²) in [6.07, 6.45) is 51.2. The summed E-state index contributed by atoms with van der Waals surface area (Å²) in [4.78, 5) is 22.8. The molecule has 5 N–H and O–H groups in total. The van der Waals surface area contributed by atoms with Crippen molar-refractivity contribution in [3.05, 3.63) is 12.2 Å². The molecule has 0 aliphatic rings. The Bertz CT molecular complexity index is 906. The van der Waals surface area contributed by atoms with Crippen LogP contribution in [0.2, 0.25) is 0 Å². The lowest BCUT2D eigenvalue weighted by atomic mass is 10.0. The summed E-state index contributed by atoms with van der Waals surface area (Å²) < 4.78 is 22.2. The van der Waals surface area contributed by atoms with Crippen LogP contribution in [0.1, 0.15) is 258 Å². The van der Waals surface area contributed by atoms with E-state index in [0.29, 0.717) is 6.42 Å². The molecular weight excluding hydrogens is 732 g/mol. The number of unbranched alkanes of at least 4 members (excludes halogenated alkanes) is 35. The van der Waals surface area contributed by atoms with E-state index in [4.69, 9.17) is 14.8 Å². The van der Waals surface area contributed by atoms with Gasteiger partial charge in [0.2, 0.25) is 5.91 Å². The molecule has 0 saturated carbocycles. The molecule has 0 aromatic rings. The van der Waals surface area contributed by atoms with Gasteiger partial charge in [0.25, 0.3) is 0 Å². The zero-order valence-corrected chi connectivity index (χ0v) is 38.7. The summed E-state index contributed by atoms with van der Waals surface area (Å²) in [6, 6.07) is -0.855. The number of hydrogen-bond donors (Lipinski definition) is 4. The summed E-state index contributed by atoms with van der Waals surface area (Å²) in [6.45, 7) is 4.18. The number of aliphatic hydroxyl groups excluding tert-OH is 1. The number of aliphatic hydroxyl groups is 1. The number of nitrogens with one attached hydrogen (secondary N) is 1. The first kappa shape index (κ1) is 56.2. The molecule has 340 valence electrons. The minimum absolute atomic E-state index is 0.0816. The highest BCUT2D eigenvalue weighted by Crippen LogP contribution is 2.43. The van der Waals surface area contributed by atoms with Crippen LogP contribution in [0.4, 0.5) is 0 Å². The van der Waals surface area contributed by atoms with E-state index in [1.807, 2.05) is 6.08 Å². The summed E-state index contributed by atoms with van der Waals surface area (Å²) in [5.74, 6) is -0.188. The second-order valence-corrected chi connectivity index (χ2v) is 18.5. The van der Waals surface area contributed by atoms with Crippen LogP contribution in [0.15, 0.2) is 12.2 Å². The van der Waals surface area contributed by atoms with Gasteiger partial charge in [-0.3, -0.25) is 13.8 Å². The predicted octanol–water partition coefficient (Wildman–Crippen LogP) is 14.3. The van der Waals surface area contributed by atoms with Crippen molar-refractivity contribution in [2.75, 3.05) is 19.8 Å². The van der Waals surface area contributed by atoms with Gasteiger partial charge >= 0.3 is 7.82 Å². The van der Waals surface area contributed by atoms with Gasteiger partial charge in [0.15, 0.2) is 0 Å². The summed E-state index contributed by atoms with van der Waals surface area (Å²) >= 11 is 0. The maximum atomic E-state index is 12.8. The van der Waals surface area contributed by atoms with Crippen molar-refractivity contribution in [1.29, 1.82) is 0 Å². The van der Waals surface area contributed by atoms with E-state index in [9.17, 15) is 19.4 Å². The second kappa shape index (κ2) is 44.8. The number of amides is 1. The summed E-state index contributed by atoms with van der Waals surface area (Å²) in [5, 5.41) is 13.7. The van der Waals surface area contributed by atoms with Gasteiger partial charge < -0.3 is 21.1 Å². The average Bonchev–Trinajstić information content (AvgIpc) is 3.20. The summed E-state index contributed by atoms with van der Waals surface area (Å²) in [5.41, 5.74) is 5.39. The Labute approximate surface area is 354 Å². The number of nitrogens with two attached hydrogens (primary N) is 1. The number of allylic oxidation sites excluding steroid dienone is 1. The van der Waals surface area contributed by atoms with E-state index >= 15 is 0 Å². The Balaban J connectivity index is 4.09. The quantitative estimate of drug-likeness (QED) is 0.0273. The molecule has 0 aromatic heterocycles. The molecule has 0 heterocycles. The molecule has 0 fully saturated rings. The molecule has 57 heavy (non-hydrogen) atoms. The third-order valence-electron chi connectivity index (χ3n) is 11.4. The van der Waals surface area contributed by atoms with Crippen molar-refractivity contribution in [2.24, 2.45) is 5.73 Å². The lowest BCUT2D eigenvalue weighted by Crippen LogP contribution is -2.45. The normalized spacial score (nSPS) is 14.0. The van der Waals surface area contributed by atoms with Crippen molar-refractivity contribution in [3.63, 3.8) is 0 Å². The fourth-order valence-corrected chi connectivity index (χ4v) is 8.36. The van der Waals surface area contributed by atoms with Crippen LogP contribution in [-0.4, -0.2) is 47.8 Å². The fourth-order valence-electron chi connectivity index (χ4n) is 7.61. The maximum absolute atomic E-state index is 12.8. The van der Waals surface area contributed by atoms with Crippen LogP contribution in [0.3, 0.4) is 0 Å². The van der Waals surface area contributed by atoms with Crippen LogP contribution in [0, 0.1) is 0 Å². The Morgan fingerprint density at radius 3 is 1.25 bits per heavy atom. The molecule has 3 atom stereocenters. The third-order valence-corrected chi connectivity index (χ3v) is 12.3. The number of rotatable bonds is 47. The molecule has 0 spiro atoms. The lowest BCUT2D eigenvalue weighted by Gasteiger charge is -2.23. The molecule has 9 heteroatoms. The molecule has 0 saturated heterocycles. The largest absolute Gasteiger partial charge is 0.472 e. The van der Waals surface area contributed by atoms with Crippen molar-refractivity contribution in [2.45, 2.75) is 270 Å². The molecular formula is C48H97N2O6P. The number of carbonyl (C=O) groups is 1. The van der Waals surface area contributed by atoms with Gasteiger partial charge in [0, 0.05) is 13.0 Å². The summed E-state index contributed by atoms with van der Waals surface area (Å²) in [7, 11) is -4.34. The first-order chi connectivity index (χ1) is 27.9. The van der Waals surface area contributed by atoms with Gasteiger partial charge in [-0.2, -0.15) is 0 Å². The second-order valence-electron chi connectivity index (χ2n) is 17.0. The zero-order chi connectivity index (χ0) is 41.8. The third kappa shape index (κ3) is 43.1. The zero-order valence-electron chi connectivity index (χ0n) is 37.9. The number of hydrogen-bond acceptors (Lipinski definition) is 6. The van der Waals surface area contributed by atoms with Crippen LogP contribution < -0.4 is 11.1 Å². The van der Waals surface area contributed by atoms with E-state index in [1.165, 1.54) is 199 Å². The highest BCUT2D eigenvalue weighted by Gasteiger charge is 2.26. The highest BCUT2D eigenvalue weighted by molar-refractivity contribution is 7.47. The minimum atomic E-state index is -4.34. The molecule has 0 radical (unpaired) electrons. The van der Waals surface area contributed by atoms with Crippen molar-refractivity contribution < 1.29 is 28.4 Å². The lowest BCUT2D eigenvalue weighted by molar-refractivity contribution is -0.123. The van der Waals surface area contributed by atoms with Crippen molar-refractivity contribution in [3.8, 4) is 0 Å². The number of phosphoric ester groups is 1. The smallest absolute Gasteiger partial charge is 0.387 e. The monoisotopic (exact) mass is 829 g/mol. The highest BCUT2D eigenvalue weighted by atomic mass is 31.2. The van der Waals surface area contributed by atoms with E-state index in [-0.39, 0.29) is 25.7 Å². The molecule has 0 aliphatic heterocycles. The van der Waals surface area contributed by atoms with Crippen LogP contribution >= 0.6 is 7.82 Å². The van der Waals surface area contributed by atoms with Crippen LogP contribution in [0.5, 0.6) is 0 Å². The Morgan fingerprint density at radius 1 is 0.561 bits per heavy atom. The molecule has 1 amide bonds. The first-order valence-electron chi connectivity index (χ1n) is 24.8. The Morgan fingerprint density at radius 2 is 0.895 bits per heavy atom. The Hall–Kier alpha value is -0.760. The average molecular weight is 829 g/mol. The topological polar surface area (TPSA) is 131 Å². The van der Waals surface area contributed by atoms with Crippen molar-refractivity contribution in [1.82, 2.24) is 5.32 Å². The predicted molar refractivity (Wildman–Crippen MR) is 245 cm³/mol. The minimum Gasteiger partial charge on any atom is -0.387 e.